The molecule has 0 aliphatic heterocycles. The zero-order chi connectivity index (χ0) is 16.7. The molecule has 23 heavy (non-hydrogen) atoms. The van der Waals surface area contributed by atoms with E-state index in [-0.39, 0.29) is 0 Å². The summed E-state index contributed by atoms with van der Waals surface area (Å²) in [5.41, 5.74) is 1.40. The molecular weight excluding hydrogens is 286 g/mol. The van der Waals surface area contributed by atoms with Crippen LogP contribution in [0.5, 0.6) is 5.75 Å². The molecule has 1 fully saturated rings. The Labute approximate surface area is 142 Å². The molecule has 1 saturated carbocycles. The van der Waals surface area contributed by atoms with Crippen LogP contribution in [0.25, 0.3) is 0 Å². The van der Waals surface area contributed by atoms with Gasteiger partial charge in [0.15, 0.2) is 0 Å². The Hall–Kier alpha value is -1.06. The SMILES string of the molecule is COc1ccc(CC2CCCCC2OCC(C)CN(C)C)cc1. The van der Waals surface area contributed by atoms with Crippen molar-refractivity contribution in [3.63, 3.8) is 0 Å². The standard InChI is InChI=1S/C20H33NO2/c1-16(14-21(2)3)15-23-20-8-6-5-7-18(20)13-17-9-11-19(22-4)12-10-17/h9-12,16,18,20H,5-8,13-15H2,1-4H3. The van der Waals surface area contributed by atoms with Crippen molar-refractivity contribution in [3.8, 4) is 5.75 Å². The summed E-state index contributed by atoms with van der Waals surface area (Å²) >= 11 is 0. The van der Waals surface area contributed by atoms with Gasteiger partial charge in [0.1, 0.15) is 5.75 Å². The van der Waals surface area contributed by atoms with E-state index in [0.717, 1.165) is 25.3 Å². The molecule has 1 aromatic carbocycles. The first-order valence-electron chi connectivity index (χ1n) is 8.97. The quantitative estimate of drug-likeness (QED) is 0.722. The molecule has 0 radical (unpaired) electrons. The third-order valence-electron chi connectivity index (χ3n) is 4.77. The van der Waals surface area contributed by atoms with Crippen LogP contribution in [0.15, 0.2) is 24.3 Å². The predicted octanol–water partition coefficient (Wildman–Crippen LogP) is 4.01. The van der Waals surface area contributed by atoms with Gasteiger partial charge in [-0.3, -0.25) is 0 Å². The molecule has 1 aromatic rings. The Morgan fingerprint density at radius 2 is 1.83 bits per heavy atom. The first-order valence-corrected chi connectivity index (χ1v) is 8.97. The fourth-order valence-corrected chi connectivity index (χ4v) is 3.65. The average molecular weight is 319 g/mol. The number of nitrogens with zero attached hydrogens (tertiary/aromatic N) is 1. The first kappa shape index (κ1) is 18.3. The van der Waals surface area contributed by atoms with Gasteiger partial charge in [-0.2, -0.15) is 0 Å². The maximum Gasteiger partial charge on any atom is 0.118 e. The van der Waals surface area contributed by atoms with Gasteiger partial charge in [0.25, 0.3) is 0 Å². The molecule has 0 heterocycles. The third kappa shape index (κ3) is 6.15. The van der Waals surface area contributed by atoms with Crippen LogP contribution in [0.1, 0.15) is 38.2 Å². The fraction of sp³-hybridized carbons (Fsp3) is 0.700. The Balaban J connectivity index is 1.87. The topological polar surface area (TPSA) is 21.7 Å². The maximum absolute atomic E-state index is 6.32. The second kappa shape index (κ2) is 9.29. The Morgan fingerprint density at radius 3 is 2.48 bits per heavy atom. The highest BCUT2D eigenvalue weighted by Gasteiger charge is 2.26. The number of rotatable bonds is 8. The van der Waals surface area contributed by atoms with Gasteiger partial charge in [0.05, 0.1) is 19.8 Å². The summed E-state index contributed by atoms with van der Waals surface area (Å²) in [6.07, 6.45) is 6.71. The molecule has 0 N–H and O–H groups in total. The lowest BCUT2D eigenvalue weighted by Crippen LogP contribution is -2.32. The molecule has 3 nitrogen and oxygen atoms in total. The minimum absolute atomic E-state index is 0.426. The summed E-state index contributed by atoms with van der Waals surface area (Å²) in [7, 11) is 5.97. The monoisotopic (exact) mass is 319 g/mol. The normalized spacial score (nSPS) is 23.0. The molecule has 3 unspecified atom stereocenters. The zero-order valence-electron chi connectivity index (χ0n) is 15.3. The zero-order valence-corrected chi connectivity index (χ0v) is 15.3. The summed E-state index contributed by atoms with van der Waals surface area (Å²) in [4.78, 5) is 2.24. The van der Waals surface area contributed by atoms with Crippen molar-refractivity contribution in [1.82, 2.24) is 4.90 Å². The molecule has 130 valence electrons. The summed E-state index contributed by atoms with van der Waals surface area (Å²) < 4.78 is 11.6. The Morgan fingerprint density at radius 1 is 1.13 bits per heavy atom. The number of ether oxygens (including phenoxy) is 2. The van der Waals surface area contributed by atoms with Crippen LogP contribution in [0.3, 0.4) is 0 Å². The van der Waals surface area contributed by atoms with Crippen LogP contribution in [0.2, 0.25) is 0 Å². The number of methoxy groups -OCH3 is 1. The van der Waals surface area contributed by atoms with Gasteiger partial charge in [-0.25, -0.2) is 0 Å². The minimum atomic E-state index is 0.426. The van der Waals surface area contributed by atoms with Crippen molar-refractivity contribution in [2.75, 3.05) is 34.4 Å². The molecule has 1 aliphatic carbocycles. The van der Waals surface area contributed by atoms with Crippen molar-refractivity contribution >= 4 is 0 Å². The summed E-state index contributed by atoms with van der Waals surface area (Å²) in [5.74, 6) is 2.18. The lowest BCUT2D eigenvalue weighted by molar-refractivity contribution is -0.0271. The van der Waals surface area contributed by atoms with E-state index in [0.29, 0.717) is 17.9 Å². The minimum Gasteiger partial charge on any atom is -0.497 e. The van der Waals surface area contributed by atoms with Crippen LogP contribution in [0, 0.1) is 11.8 Å². The van der Waals surface area contributed by atoms with Gasteiger partial charge < -0.3 is 14.4 Å². The van der Waals surface area contributed by atoms with Gasteiger partial charge in [-0.15, -0.1) is 0 Å². The molecule has 0 aromatic heterocycles. The summed E-state index contributed by atoms with van der Waals surface area (Å²) in [6, 6.07) is 8.51. The van der Waals surface area contributed by atoms with Crippen LogP contribution in [-0.4, -0.2) is 45.4 Å². The fourth-order valence-electron chi connectivity index (χ4n) is 3.65. The molecular formula is C20H33NO2. The average Bonchev–Trinajstić information content (AvgIpc) is 2.54. The van der Waals surface area contributed by atoms with Crippen molar-refractivity contribution in [1.29, 1.82) is 0 Å². The van der Waals surface area contributed by atoms with Crippen LogP contribution in [0.4, 0.5) is 0 Å². The lowest BCUT2D eigenvalue weighted by atomic mass is 9.82. The molecule has 3 heteroatoms. The van der Waals surface area contributed by atoms with Crippen LogP contribution < -0.4 is 4.74 Å². The lowest BCUT2D eigenvalue weighted by Gasteiger charge is -2.33. The van der Waals surface area contributed by atoms with E-state index >= 15 is 0 Å². The summed E-state index contributed by atoms with van der Waals surface area (Å²) in [5, 5.41) is 0. The van der Waals surface area contributed by atoms with E-state index in [1.54, 1.807) is 7.11 Å². The predicted molar refractivity (Wildman–Crippen MR) is 96.1 cm³/mol. The van der Waals surface area contributed by atoms with Gasteiger partial charge in [0.2, 0.25) is 0 Å². The van der Waals surface area contributed by atoms with Gasteiger partial charge in [-0.1, -0.05) is 31.9 Å². The Bertz CT molecular complexity index is 443. The van der Waals surface area contributed by atoms with Crippen molar-refractivity contribution < 1.29 is 9.47 Å². The largest absolute Gasteiger partial charge is 0.497 e. The van der Waals surface area contributed by atoms with E-state index in [1.165, 1.54) is 31.2 Å². The number of benzene rings is 1. The van der Waals surface area contributed by atoms with Crippen LogP contribution in [-0.2, 0) is 11.2 Å². The van der Waals surface area contributed by atoms with Gasteiger partial charge in [-0.05, 0) is 62.9 Å². The van der Waals surface area contributed by atoms with E-state index in [1.807, 2.05) is 0 Å². The van der Waals surface area contributed by atoms with Crippen LogP contribution >= 0.6 is 0 Å². The third-order valence-corrected chi connectivity index (χ3v) is 4.77. The molecule has 0 amide bonds. The molecule has 0 saturated heterocycles. The molecule has 0 bridgehead atoms. The highest BCUT2D eigenvalue weighted by atomic mass is 16.5. The summed E-state index contributed by atoms with van der Waals surface area (Å²) in [6.45, 7) is 4.25. The highest BCUT2D eigenvalue weighted by molar-refractivity contribution is 5.27. The number of hydrogen-bond acceptors (Lipinski definition) is 3. The molecule has 2 rings (SSSR count). The maximum atomic E-state index is 6.32. The molecule has 1 aliphatic rings. The second-order valence-corrected chi connectivity index (χ2v) is 7.34. The van der Waals surface area contributed by atoms with E-state index in [2.05, 4.69) is 50.2 Å². The van der Waals surface area contributed by atoms with Gasteiger partial charge in [0, 0.05) is 6.54 Å². The van der Waals surface area contributed by atoms with Crippen molar-refractivity contribution in [2.45, 2.75) is 45.1 Å². The molecule has 0 spiro atoms. The number of hydrogen-bond donors (Lipinski definition) is 0. The van der Waals surface area contributed by atoms with E-state index in [9.17, 15) is 0 Å². The van der Waals surface area contributed by atoms with Crippen molar-refractivity contribution in [2.24, 2.45) is 11.8 Å². The molecule has 3 atom stereocenters. The Kier molecular flexibility index (Phi) is 7.38. The van der Waals surface area contributed by atoms with Crippen molar-refractivity contribution in [3.05, 3.63) is 29.8 Å². The van der Waals surface area contributed by atoms with Gasteiger partial charge >= 0.3 is 0 Å². The smallest absolute Gasteiger partial charge is 0.118 e. The van der Waals surface area contributed by atoms with E-state index in [4.69, 9.17) is 9.47 Å². The first-order chi connectivity index (χ1) is 11.1. The van der Waals surface area contributed by atoms with E-state index < -0.39 is 0 Å². The highest BCUT2D eigenvalue weighted by Crippen LogP contribution is 2.30. The second-order valence-electron chi connectivity index (χ2n) is 7.34.